The summed E-state index contributed by atoms with van der Waals surface area (Å²) >= 11 is 0. The van der Waals surface area contributed by atoms with Crippen LogP contribution in [0.15, 0.2) is 0 Å². The number of carbonyl (C=O) groups excluding carboxylic acids is 1. The summed E-state index contributed by atoms with van der Waals surface area (Å²) in [5, 5.41) is 11.7. The Labute approximate surface area is 92.3 Å². The van der Waals surface area contributed by atoms with E-state index < -0.39 is 5.92 Å². The second kappa shape index (κ2) is 6.41. The van der Waals surface area contributed by atoms with Crippen LogP contribution in [-0.4, -0.2) is 37.5 Å². The van der Waals surface area contributed by atoms with E-state index in [1.807, 2.05) is 45.8 Å². The molecule has 15 heavy (non-hydrogen) atoms. The zero-order valence-electron chi connectivity index (χ0n) is 10.2. The Bertz CT molecular complexity index is 243. The second-order valence-corrected chi connectivity index (χ2v) is 4.52. The molecule has 0 fully saturated rings. The first-order valence-corrected chi connectivity index (χ1v) is 5.23. The average Bonchev–Trinajstić information content (AvgIpc) is 2.01. The van der Waals surface area contributed by atoms with Gasteiger partial charge in [-0.25, -0.2) is 0 Å². The van der Waals surface area contributed by atoms with Gasteiger partial charge in [0.05, 0.1) is 6.07 Å². The lowest BCUT2D eigenvalue weighted by Crippen LogP contribution is -2.43. The molecule has 2 atom stereocenters. The van der Waals surface area contributed by atoms with Gasteiger partial charge in [-0.2, -0.15) is 5.26 Å². The summed E-state index contributed by atoms with van der Waals surface area (Å²) in [6.07, 6.45) is 0. The van der Waals surface area contributed by atoms with Gasteiger partial charge in [-0.1, -0.05) is 13.8 Å². The van der Waals surface area contributed by atoms with Crippen molar-refractivity contribution in [2.75, 3.05) is 20.6 Å². The summed E-state index contributed by atoms with van der Waals surface area (Å²) in [5.74, 6) is -0.655. The molecule has 0 radical (unpaired) electrons. The van der Waals surface area contributed by atoms with Crippen molar-refractivity contribution < 1.29 is 4.79 Å². The Kier molecular flexibility index (Phi) is 5.95. The van der Waals surface area contributed by atoms with Gasteiger partial charge in [0.25, 0.3) is 0 Å². The zero-order valence-corrected chi connectivity index (χ0v) is 10.2. The standard InChI is InChI=1S/C11H21N3O/c1-8(2)10(6-12)11(15)13-9(3)7-14(4)5/h8-10H,7H2,1-5H3,(H,13,15). The first-order valence-electron chi connectivity index (χ1n) is 5.23. The molecule has 2 unspecified atom stereocenters. The predicted octanol–water partition coefficient (Wildman–Crippen LogP) is 0.848. The first-order chi connectivity index (χ1) is 6.88. The molecular formula is C11H21N3O. The largest absolute Gasteiger partial charge is 0.351 e. The number of hydrogen-bond acceptors (Lipinski definition) is 3. The smallest absolute Gasteiger partial charge is 0.237 e. The fraction of sp³-hybridized carbons (Fsp3) is 0.818. The van der Waals surface area contributed by atoms with E-state index in [9.17, 15) is 4.79 Å². The molecule has 0 spiro atoms. The number of nitriles is 1. The third-order valence-corrected chi connectivity index (χ3v) is 2.12. The Hall–Kier alpha value is -1.08. The van der Waals surface area contributed by atoms with E-state index in [1.165, 1.54) is 0 Å². The highest BCUT2D eigenvalue weighted by Gasteiger charge is 2.22. The fourth-order valence-electron chi connectivity index (χ4n) is 1.44. The molecule has 4 nitrogen and oxygen atoms in total. The summed E-state index contributed by atoms with van der Waals surface area (Å²) in [6.45, 7) is 6.48. The number of carbonyl (C=O) groups is 1. The van der Waals surface area contributed by atoms with Crippen molar-refractivity contribution in [3.8, 4) is 6.07 Å². The highest BCUT2D eigenvalue weighted by Crippen LogP contribution is 2.09. The molecule has 0 heterocycles. The van der Waals surface area contributed by atoms with Gasteiger partial charge in [0.1, 0.15) is 5.92 Å². The lowest BCUT2D eigenvalue weighted by Gasteiger charge is -2.20. The summed E-state index contributed by atoms with van der Waals surface area (Å²) in [6, 6.07) is 2.11. The fourth-order valence-corrected chi connectivity index (χ4v) is 1.44. The van der Waals surface area contributed by atoms with E-state index in [0.717, 1.165) is 6.54 Å². The third kappa shape index (κ3) is 5.38. The molecule has 0 aliphatic carbocycles. The van der Waals surface area contributed by atoms with Gasteiger partial charge in [-0.05, 0) is 26.9 Å². The minimum atomic E-state index is -0.547. The number of likely N-dealkylation sites (N-methyl/N-ethyl adjacent to an activating group) is 1. The molecule has 0 aliphatic heterocycles. The normalized spacial score (nSPS) is 14.8. The summed E-state index contributed by atoms with van der Waals surface area (Å²) in [7, 11) is 3.90. The SMILES string of the molecule is CC(CN(C)C)NC(=O)C(C#N)C(C)C. The first kappa shape index (κ1) is 13.9. The van der Waals surface area contributed by atoms with Crippen LogP contribution in [0.25, 0.3) is 0 Å². The van der Waals surface area contributed by atoms with Gasteiger partial charge in [0, 0.05) is 12.6 Å². The molecule has 0 aromatic heterocycles. The minimum absolute atomic E-state index is 0.0570. The van der Waals surface area contributed by atoms with Gasteiger partial charge in [-0.15, -0.1) is 0 Å². The second-order valence-electron chi connectivity index (χ2n) is 4.52. The van der Waals surface area contributed by atoms with Crippen LogP contribution in [0.4, 0.5) is 0 Å². The molecule has 1 N–H and O–H groups in total. The predicted molar refractivity (Wildman–Crippen MR) is 60.1 cm³/mol. The Morgan fingerprint density at radius 1 is 1.40 bits per heavy atom. The molecular weight excluding hydrogens is 190 g/mol. The van der Waals surface area contributed by atoms with E-state index in [1.54, 1.807) is 0 Å². The summed E-state index contributed by atoms with van der Waals surface area (Å²) in [5.41, 5.74) is 0. The molecule has 1 amide bonds. The quantitative estimate of drug-likeness (QED) is 0.733. The zero-order chi connectivity index (χ0) is 12.0. The molecule has 0 aromatic carbocycles. The van der Waals surface area contributed by atoms with Gasteiger partial charge < -0.3 is 10.2 Å². The number of amides is 1. The third-order valence-electron chi connectivity index (χ3n) is 2.12. The lowest BCUT2D eigenvalue weighted by atomic mass is 9.96. The molecule has 0 saturated carbocycles. The van der Waals surface area contributed by atoms with Crippen molar-refractivity contribution in [1.82, 2.24) is 10.2 Å². The maximum Gasteiger partial charge on any atom is 0.237 e. The van der Waals surface area contributed by atoms with Crippen molar-refractivity contribution in [3.05, 3.63) is 0 Å². The minimum Gasteiger partial charge on any atom is -0.351 e. The summed E-state index contributed by atoms with van der Waals surface area (Å²) in [4.78, 5) is 13.7. The Morgan fingerprint density at radius 3 is 2.27 bits per heavy atom. The van der Waals surface area contributed by atoms with Crippen LogP contribution in [0, 0.1) is 23.2 Å². The topological polar surface area (TPSA) is 56.1 Å². The number of rotatable bonds is 5. The number of nitrogens with one attached hydrogen (secondary N) is 1. The van der Waals surface area contributed by atoms with Crippen molar-refractivity contribution in [1.29, 1.82) is 5.26 Å². The van der Waals surface area contributed by atoms with Crippen molar-refractivity contribution in [2.45, 2.75) is 26.8 Å². The molecule has 0 aliphatic rings. The van der Waals surface area contributed by atoms with Crippen molar-refractivity contribution in [2.24, 2.45) is 11.8 Å². The number of nitrogens with zero attached hydrogens (tertiary/aromatic N) is 2. The van der Waals surface area contributed by atoms with E-state index in [0.29, 0.717) is 0 Å². The molecule has 86 valence electrons. The highest BCUT2D eigenvalue weighted by atomic mass is 16.1. The van der Waals surface area contributed by atoms with Crippen LogP contribution in [0.3, 0.4) is 0 Å². The number of hydrogen-bond donors (Lipinski definition) is 1. The van der Waals surface area contributed by atoms with Crippen molar-refractivity contribution in [3.63, 3.8) is 0 Å². The van der Waals surface area contributed by atoms with Gasteiger partial charge >= 0.3 is 0 Å². The van der Waals surface area contributed by atoms with E-state index in [4.69, 9.17) is 5.26 Å². The molecule has 0 saturated heterocycles. The van der Waals surface area contributed by atoms with Crippen LogP contribution in [0.2, 0.25) is 0 Å². The van der Waals surface area contributed by atoms with E-state index in [-0.39, 0.29) is 17.9 Å². The van der Waals surface area contributed by atoms with E-state index in [2.05, 4.69) is 5.32 Å². The molecule has 0 bridgehead atoms. The van der Waals surface area contributed by atoms with Crippen LogP contribution in [0.1, 0.15) is 20.8 Å². The average molecular weight is 211 g/mol. The maximum absolute atomic E-state index is 11.7. The van der Waals surface area contributed by atoms with Gasteiger partial charge in [-0.3, -0.25) is 4.79 Å². The monoisotopic (exact) mass is 211 g/mol. The van der Waals surface area contributed by atoms with Crippen LogP contribution >= 0.6 is 0 Å². The molecule has 0 aromatic rings. The maximum atomic E-state index is 11.7. The van der Waals surface area contributed by atoms with Crippen LogP contribution in [0.5, 0.6) is 0 Å². The van der Waals surface area contributed by atoms with Gasteiger partial charge in [0.15, 0.2) is 0 Å². The van der Waals surface area contributed by atoms with Crippen LogP contribution < -0.4 is 5.32 Å². The Balaban J connectivity index is 4.18. The molecule has 0 rings (SSSR count). The lowest BCUT2D eigenvalue weighted by molar-refractivity contribution is -0.125. The van der Waals surface area contributed by atoms with Gasteiger partial charge in [0.2, 0.25) is 5.91 Å². The molecule has 4 heteroatoms. The summed E-state index contributed by atoms with van der Waals surface area (Å²) < 4.78 is 0. The van der Waals surface area contributed by atoms with Crippen LogP contribution in [-0.2, 0) is 4.79 Å². The highest BCUT2D eigenvalue weighted by molar-refractivity contribution is 5.81. The Morgan fingerprint density at radius 2 is 1.93 bits per heavy atom. The van der Waals surface area contributed by atoms with Crippen molar-refractivity contribution >= 4 is 5.91 Å². The van der Waals surface area contributed by atoms with E-state index >= 15 is 0 Å².